The minimum atomic E-state index is -2.00. The normalized spacial score (nSPS) is 15.3. The number of rotatable bonds is 70. The summed E-state index contributed by atoms with van der Waals surface area (Å²) >= 11 is 1.29. The Morgan fingerprint density at radius 3 is 1.10 bits per heavy atom. The van der Waals surface area contributed by atoms with Gasteiger partial charge in [-0.2, -0.15) is 11.8 Å². The van der Waals surface area contributed by atoms with E-state index < -0.39 is 362 Å². The van der Waals surface area contributed by atoms with E-state index in [1.165, 1.54) is 16.7 Å². The Morgan fingerprint density at radius 2 is 0.738 bits per heavy atom. The average Bonchev–Trinajstić information content (AvgIpc) is 1.66. The molecular formula is C78H117N9O34S. The lowest BCUT2D eigenvalue weighted by atomic mass is 9.88. The third kappa shape index (κ3) is 45.6. The van der Waals surface area contributed by atoms with E-state index >= 15 is 0 Å². The first-order valence-corrected chi connectivity index (χ1v) is 41.5. The average molecular weight is 1760 g/mol. The van der Waals surface area contributed by atoms with Gasteiger partial charge in [0.2, 0.25) is 47.3 Å². The van der Waals surface area contributed by atoms with Gasteiger partial charge in [-0.25, -0.2) is 0 Å². The smallest absolute Gasteiger partial charge is 0.303 e. The quantitative estimate of drug-likeness (QED) is 0.0361. The predicted octanol–water partition coefficient (Wildman–Crippen LogP) is 0.154. The molecule has 0 aromatic carbocycles. The second-order valence-electron chi connectivity index (χ2n) is 30.3. The van der Waals surface area contributed by atoms with Crippen molar-refractivity contribution < 1.29 is 166 Å². The highest BCUT2D eigenvalue weighted by Crippen LogP contribution is 2.25. The van der Waals surface area contributed by atoms with Gasteiger partial charge in [0.25, 0.3) is 0 Å². The Bertz CT molecular complexity index is 3720. The summed E-state index contributed by atoms with van der Waals surface area (Å²) < 4.78 is 5.58. The molecule has 684 valence electrons. The van der Waals surface area contributed by atoms with Crippen LogP contribution in [-0.2, 0) is 120 Å². The van der Waals surface area contributed by atoms with Crippen molar-refractivity contribution in [2.24, 2.45) is 41.2 Å². The van der Waals surface area contributed by atoms with Crippen LogP contribution in [0, 0.1) is 35.5 Å². The van der Waals surface area contributed by atoms with Crippen molar-refractivity contribution >= 4 is 153 Å². The fourth-order valence-electron chi connectivity index (χ4n) is 13.0. The van der Waals surface area contributed by atoms with E-state index in [4.69, 9.17) is 15.6 Å². The lowest BCUT2D eigenvalue weighted by Crippen LogP contribution is -2.52. The van der Waals surface area contributed by atoms with Gasteiger partial charge in [-0.1, -0.05) is 20.8 Å². The molecule has 0 unspecified atom stereocenters. The van der Waals surface area contributed by atoms with Gasteiger partial charge in [-0.15, -0.1) is 0 Å². The molecule has 0 aromatic rings. The van der Waals surface area contributed by atoms with Crippen molar-refractivity contribution in [2.45, 2.75) is 269 Å². The second-order valence-corrected chi connectivity index (χ2v) is 31.2. The molecule has 13 atom stereocenters. The number of ketones is 7. The van der Waals surface area contributed by atoms with E-state index in [9.17, 15) is 156 Å². The standard InChI is InChI=1S/C78H117N9O34S/c1-6-80-73(115)42(4)34-58(91)53(40-122-5)81-62(95)21-20-56(89)52(33-41(2)3)86-78(120)54-9-7-31-87(54)63(96)39-121-32-8-10-55(88)48(16-27-69(107)108)82-75(117)44(12-23-65(99)100)36-59(92)50(18-29-71(111)112)84-77(119)46(14-25-67(103)104)38-61(94)51(19-30-72(113)114)85-76(118)45(13-24-66(101)102)37-60(93)49(17-28-70(109)110)83-74(116)43(11-22-64(97)98)35-57(90)47(79)15-26-68(105)106/h41-54H,6-40,79H2,1-5H3,(H,80,115)(H,81,95)(H,82,117)(H,83,116)(H,84,119)(H,85,118)(H,86,120)(H,97,98)(H,99,100)(H,101,102)(H,103,104)(H,105,106)(H,107,108)(H,109,110)(H,111,112)(H,113,114)/t42-,43+,44+,45+,46+,47-,48-,49-,50-,51-,52-,53+,54+/m1/s1. The van der Waals surface area contributed by atoms with Crippen LogP contribution in [-0.4, -0.2) is 279 Å². The zero-order valence-electron chi connectivity index (χ0n) is 69.0. The van der Waals surface area contributed by atoms with E-state index in [1.807, 2.05) is 0 Å². The monoisotopic (exact) mass is 1760 g/mol. The molecule has 0 aromatic heterocycles. The van der Waals surface area contributed by atoms with Gasteiger partial charge in [0.05, 0.1) is 42.3 Å². The lowest BCUT2D eigenvalue weighted by molar-refractivity contribution is -0.142. The number of amides is 8. The predicted molar refractivity (Wildman–Crippen MR) is 423 cm³/mol. The summed E-state index contributed by atoms with van der Waals surface area (Å²) in [5.74, 6) is -34.8. The van der Waals surface area contributed by atoms with Crippen molar-refractivity contribution in [1.29, 1.82) is 0 Å². The Balaban J connectivity index is 3.50. The number of hydrogen-bond acceptors (Lipinski definition) is 27. The fraction of sp³-hybridized carbons (Fsp3) is 0.692. The van der Waals surface area contributed by atoms with Crippen LogP contribution in [0.25, 0.3) is 0 Å². The first-order chi connectivity index (χ1) is 57.2. The van der Waals surface area contributed by atoms with Crippen LogP contribution in [0.4, 0.5) is 0 Å². The van der Waals surface area contributed by atoms with Gasteiger partial charge in [0.15, 0.2) is 34.7 Å². The van der Waals surface area contributed by atoms with E-state index in [1.54, 1.807) is 34.0 Å². The van der Waals surface area contributed by atoms with Crippen LogP contribution in [0.3, 0.4) is 0 Å². The molecule has 0 aliphatic carbocycles. The number of nitrogens with zero attached hydrogens (tertiary/aromatic N) is 1. The van der Waals surface area contributed by atoms with E-state index in [0.29, 0.717) is 13.0 Å². The molecule has 0 spiro atoms. The molecule has 0 bridgehead atoms. The number of carbonyl (C=O) groups is 24. The first kappa shape index (κ1) is 109. The molecule has 44 heteroatoms. The van der Waals surface area contributed by atoms with E-state index in [-0.39, 0.29) is 75.0 Å². The van der Waals surface area contributed by atoms with Crippen molar-refractivity contribution in [2.75, 3.05) is 38.3 Å². The number of likely N-dealkylation sites (tertiary alicyclic amines) is 1. The highest BCUT2D eigenvalue weighted by atomic mass is 32.2. The van der Waals surface area contributed by atoms with Crippen molar-refractivity contribution in [3.8, 4) is 0 Å². The molecule has 18 N–H and O–H groups in total. The fourth-order valence-corrected chi connectivity index (χ4v) is 13.6. The van der Waals surface area contributed by atoms with Gasteiger partial charge in [-0.05, 0) is 103 Å². The number of aliphatic carboxylic acids is 9. The highest BCUT2D eigenvalue weighted by Gasteiger charge is 2.40. The number of hydrogen-bond donors (Lipinski definition) is 17. The zero-order chi connectivity index (χ0) is 92.6. The Labute approximate surface area is 706 Å². The minimum Gasteiger partial charge on any atom is -0.481 e. The third-order valence-corrected chi connectivity index (χ3v) is 20.4. The number of carboxylic acids is 9. The zero-order valence-corrected chi connectivity index (χ0v) is 69.8. The van der Waals surface area contributed by atoms with Crippen LogP contribution in [0.15, 0.2) is 0 Å². The SMILES string of the molecule is CCNC(=O)[C@H](C)CC(=O)[C@H](CSC)NC(=O)CCC(=O)[C@@H](CC(C)C)NC(=O)[C@@H]1CCCN1C(=O)COCCCC(=O)[C@@H](CCC(=O)O)NC(=O)[C@@H](CCC(=O)O)CC(=O)[C@@H](CCC(=O)O)NC(=O)[C@@H](CCC(=O)O)CC(=O)[C@@H](CCC(=O)O)NC(=O)[C@@H](CCC(=O)O)CC(=O)[C@@H](CCC(=O)O)NC(=O)[C@@H](CCC(=O)O)CC(=O)[C@H](N)CCC(=O)O. The first-order valence-electron chi connectivity index (χ1n) is 40.1. The molecular weight excluding hydrogens is 1640 g/mol. The molecule has 1 heterocycles. The summed E-state index contributed by atoms with van der Waals surface area (Å²) in [7, 11) is 0. The molecule has 0 saturated carbocycles. The summed E-state index contributed by atoms with van der Waals surface area (Å²) in [6, 6.07) is -12.0. The molecule has 122 heavy (non-hydrogen) atoms. The summed E-state index contributed by atoms with van der Waals surface area (Å²) in [4.78, 5) is 313. The van der Waals surface area contributed by atoms with Crippen LogP contribution in [0.5, 0.6) is 0 Å². The van der Waals surface area contributed by atoms with E-state index in [0.717, 1.165) is 0 Å². The maximum absolute atomic E-state index is 14.4. The maximum Gasteiger partial charge on any atom is 0.303 e. The summed E-state index contributed by atoms with van der Waals surface area (Å²) in [6.07, 6.45) is -16.6. The van der Waals surface area contributed by atoms with Crippen molar-refractivity contribution in [1.82, 2.24) is 42.1 Å². The van der Waals surface area contributed by atoms with Gasteiger partial charge < -0.3 is 98.5 Å². The lowest BCUT2D eigenvalue weighted by Gasteiger charge is -2.27. The molecule has 1 aliphatic rings. The van der Waals surface area contributed by atoms with Crippen molar-refractivity contribution in [3.63, 3.8) is 0 Å². The van der Waals surface area contributed by atoms with Gasteiger partial charge >= 0.3 is 53.7 Å². The van der Waals surface area contributed by atoms with Gasteiger partial charge in [-0.3, -0.25) is 115 Å². The molecule has 0 radical (unpaired) electrons. The molecule has 43 nitrogen and oxygen atoms in total. The summed E-state index contributed by atoms with van der Waals surface area (Å²) in [5, 5.41) is 103. The Hall–Kier alpha value is -11.0. The van der Waals surface area contributed by atoms with Crippen LogP contribution >= 0.6 is 11.8 Å². The number of Topliss-reactive ketones (excluding diaryl/α,β-unsaturated/α-hetero) is 7. The molecule has 1 saturated heterocycles. The van der Waals surface area contributed by atoms with Crippen LogP contribution < -0.4 is 43.0 Å². The number of thioether (sulfide) groups is 1. The number of nitrogens with one attached hydrogen (secondary N) is 7. The molecule has 8 amide bonds. The Morgan fingerprint density at radius 1 is 0.393 bits per heavy atom. The number of carboxylic acid groups (broad SMARTS) is 9. The van der Waals surface area contributed by atoms with E-state index in [2.05, 4.69) is 37.2 Å². The molecule has 1 fully saturated rings. The second kappa shape index (κ2) is 58.0. The topological polar surface area (TPSA) is 714 Å². The Kier molecular flexibility index (Phi) is 51.8. The van der Waals surface area contributed by atoms with Gasteiger partial charge in [0.1, 0.15) is 18.4 Å². The highest BCUT2D eigenvalue weighted by molar-refractivity contribution is 7.98. The number of ether oxygens (including phenoxy) is 1. The van der Waals surface area contributed by atoms with Crippen LogP contribution in [0.1, 0.15) is 220 Å². The van der Waals surface area contributed by atoms with Crippen molar-refractivity contribution in [3.05, 3.63) is 0 Å². The maximum atomic E-state index is 14.4. The largest absolute Gasteiger partial charge is 0.481 e. The van der Waals surface area contributed by atoms with Gasteiger partial charge in [0, 0.05) is 164 Å². The summed E-state index contributed by atoms with van der Waals surface area (Å²) in [5.41, 5.74) is 5.81. The third-order valence-electron chi connectivity index (χ3n) is 19.8. The number of nitrogens with two attached hydrogens (primary N) is 1. The minimum absolute atomic E-state index is 0.109. The molecule has 1 rings (SSSR count). The molecule has 1 aliphatic heterocycles. The summed E-state index contributed by atoms with van der Waals surface area (Å²) in [6.45, 7) is 6.47. The van der Waals surface area contributed by atoms with Crippen LogP contribution in [0.2, 0.25) is 0 Å². The number of carbonyl (C=O) groups excluding carboxylic acids is 15.